The van der Waals surface area contributed by atoms with Crippen LogP contribution >= 0.6 is 34.2 Å². The van der Waals surface area contributed by atoms with Crippen LogP contribution in [-0.2, 0) is 6.61 Å². The molecule has 33 heavy (non-hydrogen) atoms. The van der Waals surface area contributed by atoms with Crippen LogP contribution in [0.15, 0.2) is 78.9 Å². The van der Waals surface area contributed by atoms with Crippen LogP contribution in [0.2, 0.25) is 5.02 Å². The number of allylic oxidation sites excluding steroid dienone is 1. The van der Waals surface area contributed by atoms with Crippen LogP contribution in [-0.4, -0.2) is 6.61 Å². The SMILES string of the molecule is CCOc1cc(/C=C(/C#N)c2ccc3ccccc3c2)cc(I)c1OCc1ccc(Cl)cc1. The molecular formula is C28H21ClINO2. The zero-order chi connectivity index (χ0) is 23.2. The molecule has 0 heterocycles. The summed E-state index contributed by atoms with van der Waals surface area (Å²) < 4.78 is 12.9. The summed E-state index contributed by atoms with van der Waals surface area (Å²) in [6, 6.07) is 28.0. The van der Waals surface area contributed by atoms with Gasteiger partial charge in [-0.15, -0.1) is 0 Å². The molecule has 0 saturated carbocycles. The molecule has 164 valence electrons. The number of rotatable bonds is 7. The van der Waals surface area contributed by atoms with Gasteiger partial charge in [0, 0.05) is 5.02 Å². The fourth-order valence-electron chi connectivity index (χ4n) is 3.51. The number of halogens is 2. The Morgan fingerprint density at radius 3 is 2.45 bits per heavy atom. The molecule has 0 spiro atoms. The molecule has 0 aromatic heterocycles. The van der Waals surface area contributed by atoms with E-state index in [1.807, 2.05) is 79.7 Å². The minimum Gasteiger partial charge on any atom is -0.490 e. The van der Waals surface area contributed by atoms with Gasteiger partial charge in [-0.25, -0.2) is 0 Å². The normalized spacial score (nSPS) is 11.3. The lowest BCUT2D eigenvalue weighted by molar-refractivity contribution is 0.267. The summed E-state index contributed by atoms with van der Waals surface area (Å²) in [4.78, 5) is 0. The van der Waals surface area contributed by atoms with Gasteiger partial charge in [0.1, 0.15) is 6.61 Å². The van der Waals surface area contributed by atoms with Gasteiger partial charge in [0.25, 0.3) is 0 Å². The van der Waals surface area contributed by atoms with Crippen LogP contribution in [0.25, 0.3) is 22.4 Å². The molecule has 0 aliphatic rings. The molecule has 4 aromatic carbocycles. The highest BCUT2D eigenvalue weighted by Crippen LogP contribution is 2.36. The van der Waals surface area contributed by atoms with Gasteiger partial charge >= 0.3 is 0 Å². The lowest BCUT2D eigenvalue weighted by atomic mass is 10.00. The Balaban J connectivity index is 1.65. The van der Waals surface area contributed by atoms with Gasteiger partial charge < -0.3 is 9.47 Å². The first kappa shape index (κ1) is 23.2. The second kappa shape index (κ2) is 10.7. The van der Waals surface area contributed by atoms with Gasteiger partial charge in [0.15, 0.2) is 11.5 Å². The second-order valence-electron chi connectivity index (χ2n) is 7.41. The van der Waals surface area contributed by atoms with Crippen molar-refractivity contribution in [3.8, 4) is 17.6 Å². The van der Waals surface area contributed by atoms with Crippen molar-refractivity contribution in [2.45, 2.75) is 13.5 Å². The van der Waals surface area contributed by atoms with Gasteiger partial charge in [0.05, 0.1) is 21.8 Å². The van der Waals surface area contributed by atoms with Crippen molar-refractivity contribution >= 4 is 56.6 Å². The first-order valence-electron chi connectivity index (χ1n) is 10.5. The highest BCUT2D eigenvalue weighted by molar-refractivity contribution is 14.1. The maximum Gasteiger partial charge on any atom is 0.175 e. The molecule has 0 amide bonds. The van der Waals surface area contributed by atoms with Gasteiger partial charge in [-0.2, -0.15) is 5.26 Å². The number of fused-ring (bicyclic) bond motifs is 1. The summed E-state index contributed by atoms with van der Waals surface area (Å²) in [6.07, 6.45) is 1.89. The largest absolute Gasteiger partial charge is 0.490 e. The van der Waals surface area contributed by atoms with Crippen molar-refractivity contribution < 1.29 is 9.47 Å². The molecule has 4 aromatic rings. The third-order valence-electron chi connectivity index (χ3n) is 5.12. The Bertz CT molecular complexity index is 1360. The van der Waals surface area contributed by atoms with E-state index < -0.39 is 0 Å². The van der Waals surface area contributed by atoms with Crippen LogP contribution in [0, 0.1) is 14.9 Å². The van der Waals surface area contributed by atoms with Crippen molar-refractivity contribution in [3.63, 3.8) is 0 Å². The molecule has 0 saturated heterocycles. The second-order valence-corrected chi connectivity index (χ2v) is 9.01. The molecule has 5 heteroatoms. The van der Waals surface area contributed by atoms with E-state index in [9.17, 15) is 5.26 Å². The molecule has 0 atom stereocenters. The molecule has 0 unspecified atom stereocenters. The number of nitrogens with zero attached hydrogens (tertiary/aromatic N) is 1. The van der Waals surface area contributed by atoms with E-state index in [1.54, 1.807) is 0 Å². The molecule has 0 radical (unpaired) electrons. The number of ether oxygens (including phenoxy) is 2. The Kier molecular flexibility index (Phi) is 7.54. The van der Waals surface area contributed by atoms with E-state index in [0.29, 0.717) is 35.3 Å². The summed E-state index contributed by atoms with van der Waals surface area (Å²) in [5.41, 5.74) is 3.37. The average molecular weight is 566 g/mol. The number of hydrogen-bond donors (Lipinski definition) is 0. The van der Waals surface area contributed by atoms with Gasteiger partial charge in [-0.1, -0.05) is 60.1 Å². The summed E-state index contributed by atoms with van der Waals surface area (Å²) in [7, 11) is 0. The van der Waals surface area contributed by atoms with Crippen LogP contribution < -0.4 is 9.47 Å². The fourth-order valence-corrected chi connectivity index (χ4v) is 4.42. The van der Waals surface area contributed by atoms with E-state index >= 15 is 0 Å². The number of hydrogen-bond acceptors (Lipinski definition) is 3. The Morgan fingerprint density at radius 2 is 1.73 bits per heavy atom. The van der Waals surface area contributed by atoms with Crippen LogP contribution in [0.5, 0.6) is 11.5 Å². The first-order chi connectivity index (χ1) is 16.1. The minimum atomic E-state index is 0.406. The average Bonchev–Trinajstić information content (AvgIpc) is 2.83. The topological polar surface area (TPSA) is 42.2 Å². The Morgan fingerprint density at radius 1 is 0.970 bits per heavy atom. The smallest absolute Gasteiger partial charge is 0.175 e. The quantitative estimate of drug-likeness (QED) is 0.129. The molecule has 0 N–H and O–H groups in total. The predicted molar refractivity (Wildman–Crippen MR) is 144 cm³/mol. The fraction of sp³-hybridized carbons (Fsp3) is 0.107. The van der Waals surface area contributed by atoms with E-state index in [2.05, 4.69) is 40.8 Å². The summed E-state index contributed by atoms with van der Waals surface area (Å²) in [6.45, 7) is 2.85. The zero-order valence-corrected chi connectivity index (χ0v) is 20.9. The highest BCUT2D eigenvalue weighted by Gasteiger charge is 2.13. The summed E-state index contributed by atoms with van der Waals surface area (Å²) in [5.74, 6) is 1.34. The molecule has 0 aliphatic carbocycles. The Hall–Kier alpha value is -3.01. The highest BCUT2D eigenvalue weighted by atomic mass is 127. The molecule has 3 nitrogen and oxygen atoms in total. The first-order valence-corrected chi connectivity index (χ1v) is 12.0. The molecule has 0 fully saturated rings. The van der Waals surface area contributed by atoms with Crippen LogP contribution in [0.3, 0.4) is 0 Å². The lowest BCUT2D eigenvalue weighted by Crippen LogP contribution is -2.02. The van der Waals surface area contributed by atoms with Crippen molar-refractivity contribution in [2.75, 3.05) is 6.61 Å². The van der Waals surface area contributed by atoms with Crippen LogP contribution in [0.1, 0.15) is 23.6 Å². The molecule has 0 bridgehead atoms. The maximum atomic E-state index is 9.85. The van der Waals surface area contributed by atoms with Gasteiger partial charge in [-0.3, -0.25) is 0 Å². The number of nitriles is 1. The van der Waals surface area contributed by atoms with E-state index in [4.69, 9.17) is 21.1 Å². The number of benzene rings is 4. The van der Waals surface area contributed by atoms with E-state index in [1.165, 1.54) is 0 Å². The van der Waals surface area contributed by atoms with Crippen molar-refractivity contribution in [1.82, 2.24) is 0 Å². The zero-order valence-electron chi connectivity index (χ0n) is 18.0. The van der Waals surface area contributed by atoms with Crippen molar-refractivity contribution in [2.24, 2.45) is 0 Å². The molecular weight excluding hydrogens is 545 g/mol. The van der Waals surface area contributed by atoms with E-state index in [-0.39, 0.29) is 0 Å². The van der Waals surface area contributed by atoms with Crippen LogP contribution in [0.4, 0.5) is 0 Å². The Labute approximate surface area is 212 Å². The third kappa shape index (κ3) is 5.68. The van der Waals surface area contributed by atoms with Crippen molar-refractivity contribution in [1.29, 1.82) is 5.26 Å². The third-order valence-corrected chi connectivity index (χ3v) is 6.17. The van der Waals surface area contributed by atoms with Gasteiger partial charge in [0.2, 0.25) is 0 Å². The standard InChI is InChI=1S/C28H21ClINO2/c1-2-32-27-15-20(14-26(30)28(27)33-18-19-7-11-25(29)12-8-19)13-24(17-31)23-10-9-21-5-3-4-6-22(21)16-23/h3-16H,2,18H2,1H3/b24-13-. The van der Waals surface area contributed by atoms with Crippen molar-refractivity contribution in [3.05, 3.63) is 104 Å². The molecule has 4 rings (SSSR count). The summed E-state index contributed by atoms with van der Waals surface area (Å²) in [5, 5.41) is 12.8. The van der Waals surface area contributed by atoms with Gasteiger partial charge in [-0.05, 0) is 93.4 Å². The van der Waals surface area contributed by atoms with E-state index in [0.717, 1.165) is 31.0 Å². The lowest BCUT2D eigenvalue weighted by Gasteiger charge is -2.15. The predicted octanol–water partition coefficient (Wildman–Crippen LogP) is 8.14. The summed E-state index contributed by atoms with van der Waals surface area (Å²) >= 11 is 8.22. The maximum absolute atomic E-state index is 9.85. The monoisotopic (exact) mass is 565 g/mol. The molecule has 0 aliphatic heterocycles. The minimum absolute atomic E-state index is 0.406.